The number of rotatable bonds is 2. The van der Waals surface area contributed by atoms with Crippen LogP contribution in [0.15, 0.2) is 11.0 Å². The lowest BCUT2D eigenvalue weighted by Gasteiger charge is -2.29. The van der Waals surface area contributed by atoms with Crippen molar-refractivity contribution in [2.24, 2.45) is 12.8 Å². The molecule has 1 saturated heterocycles. The molecule has 0 bridgehead atoms. The maximum absolute atomic E-state index is 11.6. The highest BCUT2D eigenvalue weighted by molar-refractivity contribution is 5.93. The molecular weight excluding hydrogens is 232 g/mol. The van der Waals surface area contributed by atoms with Crippen molar-refractivity contribution in [1.29, 1.82) is 0 Å². The monoisotopic (exact) mass is 250 g/mol. The SMILES string of the molecule is CN1CCCC(c2nc(=O)n(C)cc2C(N)=O)C1. The summed E-state index contributed by atoms with van der Waals surface area (Å²) in [6, 6.07) is 0. The molecule has 6 heteroatoms. The average molecular weight is 250 g/mol. The Morgan fingerprint density at radius 3 is 2.83 bits per heavy atom. The Balaban J connectivity index is 2.45. The van der Waals surface area contributed by atoms with E-state index in [-0.39, 0.29) is 11.6 Å². The minimum absolute atomic E-state index is 0.111. The molecule has 0 radical (unpaired) electrons. The van der Waals surface area contributed by atoms with E-state index in [1.807, 2.05) is 7.05 Å². The number of primary amides is 1. The third-order valence-corrected chi connectivity index (χ3v) is 3.39. The summed E-state index contributed by atoms with van der Waals surface area (Å²) in [5, 5.41) is 0. The number of carbonyl (C=O) groups is 1. The normalized spacial score (nSPS) is 20.9. The van der Waals surface area contributed by atoms with E-state index in [2.05, 4.69) is 9.88 Å². The molecule has 1 unspecified atom stereocenters. The Kier molecular flexibility index (Phi) is 3.47. The van der Waals surface area contributed by atoms with Gasteiger partial charge in [0.2, 0.25) is 0 Å². The zero-order chi connectivity index (χ0) is 13.3. The lowest BCUT2D eigenvalue weighted by Crippen LogP contribution is -2.35. The second kappa shape index (κ2) is 4.89. The summed E-state index contributed by atoms with van der Waals surface area (Å²) in [6.07, 6.45) is 3.46. The Morgan fingerprint density at radius 2 is 2.22 bits per heavy atom. The van der Waals surface area contributed by atoms with Crippen LogP contribution in [0.2, 0.25) is 0 Å². The number of likely N-dealkylation sites (N-methyl/N-ethyl adjacent to an activating group) is 1. The smallest absolute Gasteiger partial charge is 0.347 e. The van der Waals surface area contributed by atoms with Crippen molar-refractivity contribution in [1.82, 2.24) is 14.5 Å². The van der Waals surface area contributed by atoms with E-state index in [1.165, 1.54) is 10.8 Å². The van der Waals surface area contributed by atoms with E-state index in [1.54, 1.807) is 7.05 Å². The molecule has 2 rings (SSSR count). The first-order chi connectivity index (χ1) is 8.49. The highest BCUT2D eigenvalue weighted by atomic mass is 16.1. The number of amides is 1. The topological polar surface area (TPSA) is 81.2 Å². The number of hydrogen-bond donors (Lipinski definition) is 1. The standard InChI is InChI=1S/C12H18N4O2/c1-15-5-3-4-8(6-15)10-9(11(13)17)7-16(2)12(18)14-10/h7-8H,3-6H2,1-2H3,(H2,13,17). The van der Waals surface area contributed by atoms with Gasteiger partial charge in [-0.25, -0.2) is 4.79 Å². The maximum atomic E-state index is 11.6. The van der Waals surface area contributed by atoms with Crippen LogP contribution in [0.1, 0.15) is 34.8 Å². The summed E-state index contributed by atoms with van der Waals surface area (Å²) in [5.41, 5.74) is 5.93. The van der Waals surface area contributed by atoms with Crippen LogP contribution < -0.4 is 11.4 Å². The van der Waals surface area contributed by atoms with Crippen molar-refractivity contribution in [3.05, 3.63) is 27.9 Å². The largest absolute Gasteiger partial charge is 0.365 e. The van der Waals surface area contributed by atoms with Gasteiger partial charge in [-0.05, 0) is 26.4 Å². The minimum atomic E-state index is -0.527. The van der Waals surface area contributed by atoms with Crippen LogP contribution >= 0.6 is 0 Å². The molecule has 1 aliphatic heterocycles. The summed E-state index contributed by atoms with van der Waals surface area (Å²) < 4.78 is 1.29. The number of likely N-dealkylation sites (tertiary alicyclic amines) is 1. The van der Waals surface area contributed by atoms with E-state index >= 15 is 0 Å². The first kappa shape index (κ1) is 12.8. The van der Waals surface area contributed by atoms with Crippen LogP contribution in [0, 0.1) is 0 Å². The zero-order valence-electron chi connectivity index (χ0n) is 10.7. The molecule has 6 nitrogen and oxygen atoms in total. The molecule has 0 aliphatic carbocycles. The lowest BCUT2D eigenvalue weighted by atomic mass is 9.92. The predicted molar refractivity (Wildman–Crippen MR) is 67.5 cm³/mol. The van der Waals surface area contributed by atoms with Gasteiger partial charge in [-0.15, -0.1) is 0 Å². The average Bonchev–Trinajstić information content (AvgIpc) is 2.31. The highest BCUT2D eigenvalue weighted by Gasteiger charge is 2.25. The van der Waals surface area contributed by atoms with Gasteiger partial charge in [0.1, 0.15) is 0 Å². The molecular formula is C12H18N4O2. The van der Waals surface area contributed by atoms with Crippen molar-refractivity contribution in [2.75, 3.05) is 20.1 Å². The Labute approximate surface area is 105 Å². The fourth-order valence-corrected chi connectivity index (χ4v) is 2.45. The van der Waals surface area contributed by atoms with E-state index < -0.39 is 5.91 Å². The number of aromatic nitrogens is 2. The zero-order valence-corrected chi connectivity index (χ0v) is 10.7. The van der Waals surface area contributed by atoms with Crippen molar-refractivity contribution in [2.45, 2.75) is 18.8 Å². The molecule has 98 valence electrons. The quantitative estimate of drug-likeness (QED) is 0.780. The van der Waals surface area contributed by atoms with Gasteiger partial charge in [-0.3, -0.25) is 4.79 Å². The molecule has 1 aromatic heterocycles. The molecule has 18 heavy (non-hydrogen) atoms. The Hall–Kier alpha value is -1.69. The summed E-state index contributed by atoms with van der Waals surface area (Å²) >= 11 is 0. The maximum Gasteiger partial charge on any atom is 0.347 e. The number of hydrogen-bond acceptors (Lipinski definition) is 4. The third-order valence-electron chi connectivity index (χ3n) is 3.39. The number of piperidine rings is 1. The molecule has 1 fully saturated rings. The lowest BCUT2D eigenvalue weighted by molar-refractivity contribution is 0.0996. The van der Waals surface area contributed by atoms with Crippen molar-refractivity contribution < 1.29 is 4.79 Å². The fourth-order valence-electron chi connectivity index (χ4n) is 2.45. The molecule has 0 saturated carbocycles. The van der Waals surface area contributed by atoms with E-state index in [0.29, 0.717) is 11.3 Å². The van der Waals surface area contributed by atoms with Crippen LogP contribution in [0.5, 0.6) is 0 Å². The molecule has 2 heterocycles. The summed E-state index contributed by atoms with van der Waals surface area (Å²) in [6.45, 7) is 1.84. The van der Waals surface area contributed by atoms with Gasteiger partial charge in [0.25, 0.3) is 5.91 Å². The molecule has 1 amide bonds. The van der Waals surface area contributed by atoms with Gasteiger partial charge in [0.05, 0.1) is 11.3 Å². The van der Waals surface area contributed by atoms with Crippen LogP contribution in [-0.2, 0) is 7.05 Å². The van der Waals surface area contributed by atoms with Crippen LogP contribution in [0.25, 0.3) is 0 Å². The predicted octanol–water partition coefficient (Wildman–Crippen LogP) is -0.312. The summed E-state index contributed by atoms with van der Waals surface area (Å²) in [7, 11) is 3.59. The van der Waals surface area contributed by atoms with Gasteiger partial charge in [-0.2, -0.15) is 4.98 Å². The van der Waals surface area contributed by atoms with Gasteiger partial charge >= 0.3 is 5.69 Å². The van der Waals surface area contributed by atoms with Crippen LogP contribution in [0.4, 0.5) is 0 Å². The molecule has 1 atom stereocenters. The van der Waals surface area contributed by atoms with E-state index in [0.717, 1.165) is 25.9 Å². The van der Waals surface area contributed by atoms with Crippen LogP contribution in [0.3, 0.4) is 0 Å². The highest BCUT2D eigenvalue weighted by Crippen LogP contribution is 2.26. The second-order valence-corrected chi connectivity index (χ2v) is 4.90. The molecule has 1 aliphatic rings. The fraction of sp³-hybridized carbons (Fsp3) is 0.583. The van der Waals surface area contributed by atoms with E-state index in [4.69, 9.17) is 5.73 Å². The molecule has 0 spiro atoms. The molecule has 2 N–H and O–H groups in total. The van der Waals surface area contributed by atoms with Gasteiger partial charge in [0.15, 0.2) is 0 Å². The summed E-state index contributed by atoms with van der Waals surface area (Å²) in [5.74, 6) is -0.415. The van der Waals surface area contributed by atoms with Crippen molar-refractivity contribution in [3.63, 3.8) is 0 Å². The molecule has 0 aromatic carbocycles. The Morgan fingerprint density at radius 1 is 1.50 bits per heavy atom. The van der Waals surface area contributed by atoms with Crippen LogP contribution in [-0.4, -0.2) is 40.5 Å². The third kappa shape index (κ3) is 2.43. The number of aryl methyl sites for hydroxylation is 1. The second-order valence-electron chi connectivity index (χ2n) is 4.90. The first-order valence-corrected chi connectivity index (χ1v) is 6.05. The minimum Gasteiger partial charge on any atom is -0.365 e. The number of nitrogens with two attached hydrogens (primary N) is 1. The van der Waals surface area contributed by atoms with Crippen molar-refractivity contribution >= 4 is 5.91 Å². The van der Waals surface area contributed by atoms with Gasteiger partial charge in [-0.1, -0.05) is 0 Å². The summed E-state index contributed by atoms with van der Waals surface area (Å²) in [4.78, 5) is 29.3. The Bertz CT molecular complexity index is 523. The van der Waals surface area contributed by atoms with Gasteiger partial charge < -0.3 is 15.2 Å². The van der Waals surface area contributed by atoms with Gasteiger partial charge in [0, 0.05) is 25.7 Å². The van der Waals surface area contributed by atoms with Crippen molar-refractivity contribution in [3.8, 4) is 0 Å². The first-order valence-electron chi connectivity index (χ1n) is 6.05. The number of carbonyl (C=O) groups excluding carboxylic acids is 1. The number of nitrogens with zero attached hydrogens (tertiary/aromatic N) is 3. The van der Waals surface area contributed by atoms with E-state index in [9.17, 15) is 9.59 Å². The molecule has 1 aromatic rings.